The zero-order valence-electron chi connectivity index (χ0n) is 10.1. The van der Waals surface area contributed by atoms with Gasteiger partial charge in [0.05, 0.1) is 0 Å². The lowest BCUT2D eigenvalue weighted by Gasteiger charge is -2.08. The van der Waals surface area contributed by atoms with Gasteiger partial charge in [-0.2, -0.15) is 0 Å². The van der Waals surface area contributed by atoms with Crippen LogP contribution in [0.15, 0.2) is 0 Å². The predicted octanol–water partition coefficient (Wildman–Crippen LogP) is 3.12. The number of carbonyl (C=O) groups is 1. The van der Waals surface area contributed by atoms with Crippen LogP contribution in [-0.2, 0) is 4.79 Å². The van der Waals surface area contributed by atoms with Crippen molar-refractivity contribution in [3.8, 4) is 0 Å². The van der Waals surface area contributed by atoms with Crippen LogP contribution < -0.4 is 5.32 Å². The summed E-state index contributed by atoms with van der Waals surface area (Å²) in [6.07, 6.45) is 5.45. The van der Waals surface area contributed by atoms with E-state index in [4.69, 9.17) is 0 Å². The number of hydrogen-bond donors (Lipinski definition) is 1. The molecular formula is C12H25NO. The summed E-state index contributed by atoms with van der Waals surface area (Å²) in [7, 11) is 0. The average Bonchev–Trinajstić information content (AvgIpc) is 2.01. The van der Waals surface area contributed by atoms with E-state index in [9.17, 15) is 4.79 Å². The largest absolute Gasteiger partial charge is 0.354 e. The Hall–Kier alpha value is -0.530. The van der Waals surface area contributed by atoms with Crippen LogP contribution in [0.5, 0.6) is 0 Å². The highest BCUT2D eigenvalue weighted by Gasteiger charge is 2.02. The molecule has 0 aromatic carbocycles. The molecule has 0 aliphatic rings. The first-order valence-corrected chi connectivity index (χ1v) is 5.81. The van der Waals surface area contributed by atoms with Crippen molar-refractivity contribution in [1.82, 2.24) is 5.32 Å². The summed E-state index contributed by atoms with van der Waals surface area (Å²) in [5, 5.41) is 2.90. The van der Waals surface area contributed by atoms with Crippen molar-refractivity contribution in [2.45, 2.75) is 65.8 Å². The number of unbranched alkanes of at least 4 members (excludes halogenated alkanes) is 2. The van der Waals surface area contributed by atoms with Gasteiger partial charge in [-0.25, -0.2) is 0 Å². The third kappa shape index (κ3) is 9.56. The van der Waals surface area contributed by atoms with Gasteiger partial charge in [0.2, 0.25) is 5.91 Å². The first-order chi connectivity index (χ1) is 6.52. The first-order valence-electron chi connectivity index (χ1n) is 5.81. The Balaban J connectivity index is 3.23. The smallest absolute Gasteiger partial charge is 0.220 e. The average molecular weight is 199 g/mol. The minimum absolute atomic E-state index is 0.199. The summed E-state index contributed by atoms with van der Waals surface area (Å²) in [5.74, 6) is 0.990. The molecule has 84 valence electrons. The Kier molecular flexibility index (Phi) is 7.54. The van der Waals surface area contributed by atoms with E-state index in [0.717, 1.165) is 12.3 Å². The molecule has 0 saturated heterocycles. The van der Waals surface area contributed by atoms with Crippen LogP contribution in [0.3, 0.4) is 0 Å². The van der Waals surface area contributed by atoms with Crippen molar-refractivity contribution in [1.29, 1.82) is 0 Å². The van der Waals surface area contributed by atoms with Gasteiger partial charge in [-0.1, -0.05) is 33.1 Å². The van der Waals surface area contributed by atoms with Gasteiger partial charge < -0.3 is 5.32 Å². The molecule has 0 atom stereocenters. The molecule has 1 N–H and O–H groups in total. The van der Waals surface area contributed by atoms with Crippen LogP contribution in [-0.4, -0.2) is 11.9 Å². The molecule has 0 saturated carbocycles. The lowest BCUT2D eigenvalue weighted by Crippen LogP contribution is -2.29. The molecule has 0 aromatic heterocycles. The van der Waals surface area contributed by atoms with Crippen LogP contribution >= 0.6 is 0 Å². The van der Waals surface area contributed by atoms with Crippen molar-refractivity contribution in [2.75, 3.05) is 0 Å². The Morgan fingerprint density at radius 3 is 2.21 bits per heavy atom. The Morgan fingerprint density at radius 1 is 1.07 bits per heavy atom. The van der Waals surface area contributed by atoms with E-state index in [0.29, 0.717) is 6.42 Å². The zero-order valence-corrected chi connectivity index (χ0v) is 10.1. The molecular weight excluding hydrogens is 174 g/mol. The number of carbonyl (C=O) groups excluding carboxylic acids is 1. The minimum atomic E-state index is 0.199. The highest BCUT2D eigenvalue weighted by Crippen LogP contribution is 2.09. The predicted molar refractivity (Wildman–Crippen MR) is 61.2 cm³/mol. The van der Waals surface area contributed by atoms with E-state index in [1.807, 2.05) is 13.8 Å². The van der Waals surface area contributed by atoms with Gasteiger partial charge in [0.1, 0.15) is 0 Å². The fraction of sp³-hybridized carbons (Fsp3) is 0.917. The Bertz CT molecular complexity index is 152. The fourth-order valence-corrected chi connectivity index (χ4v) is 1.41. The maximum Gasteiger partial charge on any atom is 0.220 e. The second-order valence-electron chi connectivity index (χ2n) is 4.72. The van der Waals surface area contributed by atoms with Gasteiger partial charge in [0, 0.05) is 12.5 Å². The summed E-state index contributed by atoms with van der Waals surface area (Å²) < 4.78 is 0. The molecule has 14 heavy (non-hydrogen) atoms. The van der Waals surface area contributed by atoms with E-state index < -0.39 is 0 Å². The van der Waals surface area contributed by atoms with Crippen molar-refractivity contribution < 1.29 is 4.79 Å². The normalized spacial score (nSPS) is 11.0. The van der Waals surface area contributed by atoms with Crippen LogP contribution in [0.2, 0.25) is 0 Å². The van der Waals surface area contributed by atoms with Crippen LogP contribution in [0, 0.1) is 5.92 Å². The van der Waals surface area contributed by atoms with Crippen LogP contribution in [0.4, 0.5) is 0 Å². The standard InChI is InChI=1S/C12H25NO/c1-10(2)8-6-5-7-9-12(14)13-11(3)4/h10-11H,5-9H2,1-4H3,(H,13,14). The van der Waals surface area contributed by atoms with Crippen molar-refractivity contribution in [2.24, 2.45) is 5.92 Å². The molecule has 2 heteroatoms. The van der Waals surface area contributed by atoms with Gasteiger partial charge in [-0.3, -0.25) is 4.79 Å². The zero-order chi connectivity index (χ0) is 11.0. The summed E-state index contributed by atoms with van der Waals surface area (Å²) >= 11 is 0. The Labute approximate surface area is 88.5 Å². The van der Waals surface area contributed by atoms with Gasteiger partial charge in [-0.05, 0) is 26.2 Å². The second-order valence-corrected chi connectivity index (χ2v) is 4.72. The van der Waals surface area contributed by atoms with Gasteiger partial charge in [0.25, 0.3) is 0 Å². The summed E-state index contributed by atoms with van der Waals surface area (Å²) in [4.78, 5) is 11.2. The topological polar surface area (TPSA) is 29.1 Å². The lowest BCUT2D eigenvalue weighted by atomic mass is 10.0. The van der Waals surface area contributed by atoms with E-state index in [-0.39, 0.29) is 11.9 Å². The molecule has 0 aliphatic heterocycles. The van der Waals surface area contributed by atoms with E-state index in [2.05, 4.69) is 19.2 Å². The highest BCUT2D eigenvalue weighted by molar-refractivity contribution is 5.76. The van der Waals surface area contributed by atoms with Crippen LogP contribution in [0.25, 0.3) is 0 Å². The molecule has 0 bridgehead atoms. The number of nitrogens with one attached hydrogen (secondary N) is 1. The third-order valence-corrected chi connectivity index (χ3v) is 2.13. The number of hydrogen-bond acceptors (Lipinski definition) is 1. The van der Waals surface area contributed by atoms with E-state index >= 15 is 0 Å². The molecule has 0 unspecified atom stereocenters. The summed E-state index contributed by atoms with van der Waals surface area (Å²) in [5.41, 5.74) is 0. The molecule has 1 amide bonds. The SMILES string of the molecule is CC(C)CCCCCC(=O)NC(C)C. The minimum Gasteiger partial charge on any atom is -0.354 e. The highest BCUT2D eigenvalue weighted by atomic mass is 16.1. The molecule has 0 heterocycles. The van der Waals surface area contributed by atoms with Crippen molar-refractivity contribution >= 4 is 5.91 Å². The second kappa shape index (κ2) is 7.84. The summed E-state index contributed by atoms with van der Waals surface area (Å²) in [6, 6.07) is 0.276. The van der Waals surface area contributed by atoms with E-state index in [1.54, 1.807) is 0 Å². The molecule has 2 nitrogen and oxygen atoms in total. The van der Waals surface area contributed by atoms with Gasteiger partial charge in [-0.15, -0.1) is 0 Å². The van der Waals surface area contributed by atoms with Gasteiger partial charge >= 0.3 is 0 Å². The lowest BCUT2D eigenvalue weighted by molar-refractivity contribution is -0.121. The molecule has 0 spiro atoms. The molecule has 0 aliphatic carbocycles. The van der Waals surface area contributed by atoms with Gasteiger partial charge in [0.15, 0.2) is 0 Å². The molecule has 0 fully saturated rings. The van der Waals surface area contributed by atoms with Crippen molar-refractivity contribution in [3.63, 3.8) is 0 Å². The monoisotopic (exact) mass is 199 g/mol. The molecule has 0 rings (SSSR count). The number of rotatable bonds is 7. The van der Waals surface area contributed by atoms with Crippen molar-refractivity contribution in [3.05, 3.63) is 0 Å². The fourth-order valence-electron chi connectivity index (χ4n) is 1.41. The number of amides is 1. The first kappa shape index (κ1) is 13.5. The Morgan fingerprint density at radius 2 is 1.71 bits per heavy atom. The summed E-state index contributed by atoms with van der Waals surface area (Å²) in [6.45, 7) is 8.48. The maximum atomic E-state index is 11.2. The van der Waals surface area contributed by atoms with E-state index in [1.165, 1.54) is 19.3 Å². The van der Waals surface area contributed by atoms with Crippen LogP contribution in [0.1, 0.15) is 59.8 Å². The third-order valence-electron chi connectivity index (χ3n) is 2.13. The molecule has 0 aromatic rings. The molecule has 0 radical (unpaired) electrons. The maximum absolute atomic E-state index is 11.2. The quantitative estimate of drug-likeness (QED) is 0.627.